The molecule has 7 heteroatoms. The molecule has 0 atom stereocenters. The van der Waals surface area contributed by atoms with Crippen LogP contribution in [0.4, 0.5) is 0 Å². The van der Waals surface area contributed by atoms with Gasteiger partial charge in [-0.05, 0) is 26.0 Å². The van der Waals surface area contributed by atoms with Crippen LogP contribution in [0.1, 0.15) is 17.0 Å². The summed E-state index contributed by atoms with van der Waals surface area (Å²) < 4.78 is 10.9. The van der Waals surface area contributed by atoms with Crippen molar-refractivity contribution in [1.29, 1.82) is 0 Å². The average molecular weight is 317 g/mol. The molecule has 0 N–H and O–H groups in total. The summed E-state index contributed by atoms with van der Waals surface area (Å²) in [7, 11) is 0. The van der Waals surface area contributed by atoms with E-state index in [-0.39, 0.29) is 6.61 Å². The van der Waals surface area contributed by atoms with Gasteiger partial charge in [-0.1, -0.05) is 16.8 Å². The fraction of sp³-hybridized carbons (Fsp3) is 0.200. The maximum absolute atomic E-state index is 5.69. The highest BCUT2D eigenvalue weighted by Crippen LogP contribution is 2.25. The second kappa shape index (κ2) is 6.11. The summed E-state index contributed by atoms with van der Waals surface area (Å²) in [4.78, 5) is 12.2. The molecule has 0 aliphatic rings. The highest BCUT2D eigenvalue weighted by molar-refractivity contribution is 6.29. The van der Waals surface area contributed by atoms with E-state index >= 15 is 0 Å². The number of halogens is 1. The van der Waals surface area contributed by atoms with Crippen molar-refractivity contribution in [2.75, 3.05) is 0 Å². The third-order valence-corrected chi connectivity index (χ3v) is 3.33. The zero-order valence-electron chi connectivity index (χ0n) is 12.1. The van der Waals surface area contributed by atoms with Gasteiger partial charge in [0, 0.05) is 17.5 Å². The van der Waals surface area contributed by atoms with Crippen LogP contribution in [-0.2, 0) is 6.61 Å². The Bertz CT molecular complexity index is 769. The van der Waals surface area contributed by atoms with Crippen LogP contribution >= 0.6 is 11.6 Å². The molecule has 3 heterocycles. The van der Waals surface area contributed by atoms with Gasteiger partial charge in [0.15, 0.2) is 0 Å². The van der Waals surface area contributed by atoms with Crippen molar-refractivity contribution in [3.8, 4) is 17.1 Å². The number of aryl methyl sites for hydroxylation is 2. The zero-order valence-corrected chi connectivity index (χ0v) is 12.8. The molecule has 0 saturated heterocycles. The van der Waals surface area contributed by atoms with Crippen LogP contribution in [0.25, 0.3) is 11.3 Å². The number of aromatic nitrogens is 4. The Morgan fingerprint density at radius 3 is 2.64 bits per heavy atom. The summed E-state index contributed by atoms with van der Waals surface area (Å²) in [5, 5.41) is 4.41. The molecule has 112 valence electrons. The summed E-state index contributed by atoms with van der Waals surface area (Å²) in [6, 6.07) is 3.87. The lowest BCUT2D eigenvalue weighted by Crippen LogP contribution is -2.00. The highest BCUT2D eigenvalue weighted by atomic mass is 35.5. The quantitative estimate of drug-likeness (QED) is 0.734. The maximum atomic E-state index is 5.69. The van der Waals surface area contributed by atoms with Crippen LogP contribution in [0.5, 0.6) is 5.88 Å². The van der Waals surface area contributed by atoms with E-state index in [1.165, 1.54) is 12.4 Å². The maximum Gasteiger partial charge on any atom is 0.232 e. The normalized spacial score (nSPS) is 10.7. The second-order valence-corrected chi connectivity index (χ2v) is 5.11. The van der Waals surface area contributed by atoms with Gasteiger partial charge in [-0.3, -0.25) is 4.98 Å². The van der Waals surface area contributed by atoms with Gasteiger partial charge in [0.2, 0.25) is 5.88 Å². The number of nitrogens with zero attached hydrogens (tertiary/aromatic N) is 4. The minimum atomic E-state index is 0.273. The van der Waals surface area contributed by atoms with Crippen molar-refractivity contribution in [2.24, 2.45) is 0 Å². The molecule has 0 unspecified atom stereocenters. The summed E-state index contributed by atoms with van der Waals surface area (Å²) in [6.45, 7) is 4.04. The Hall–Kier alpha value is -2.47. The van der Waals surface area contributed by atoms with Crippen molar-refractivity contribution in [3.05, 3.63) is 52.9 Å². The first kappa shape index (κ1) is 14.5. The Kier molecular flexibility index (Phi) is 4.02. The SMILES string of the molecule is Cc1ccc(-c2noc(C)c2COc2cnc(Cl)cn2)cn1. The summed E-state index contributed by atoms with van der Waals surface area (Å²) in [5.41, 5.74) is 3.38. The predicted octanol–water partition coefficient (Wildman–Crippen LogP) is 3.38. The van der Waals surface area contributed by atoms with Gasteiger partial charge in [0.05, 0.1) is 18.0 Å². The topological polar surface area (TPSA) is 73.9 Å². The molecule has 0 saturated carbocycles. The van der Waals surface area contributed by atoms with Gasteiger partial charge in [-0.2, -0.15) is 0 Å². The molecule has 22 heavy (non-hydrogen) atoms. The van der Waals surface area contributed by atoms with Crippen LogP contribution in [0, 0.1) is 13.8 Å². The summed E-state index contributed by atoms with van der Waals surface area (Å²) in [6.07, 6.45) is 4.67. The van der Waals surface area contributed by atoms with Gasteiger partial charge in [-0.15, -0.1) is 0 Å². The van der Waals surface area contributed by atoms with E-state index in [9.17, 15) is 0 Å². The lowest BCUT2D eigenvalue weighted by molar-refractivity contribution is 0.289. The first-order chi connectivity index (χ1) is 10.6. The van der Waals surface area contributed by atoms with Crippen molar-refractivity contribution >= 4 is 11.6 Å². The molecule has 0 bridgehead atoms. The molecule has 3 aromatic heterocycles. The van der Waals surface area contributed by atoms with Gasteiger partial charge in [-0.25, -0.2) is 9.97 Å². The Morgan fingerprint density at radius 1 is 1.09 bits per heavy atom. The molecule has 0 radical (unpaired) electrons. The molecule has 0 fully saturated rings. The monoisotopic (exact) mass is 316 g/mol. The fourth-order valence-electron chi connectivity index (χ4n) is 1.92. The van der Waals surface area contributed by atoms with E-state index in [1.807, 2.05) is 26.0 Å². The van der Waals surface area contributed by atoms with E-state index in [2.05, 4.69) is 20.1 Å². The fourth-order valence-corrected chi connectivity index (χ4v) is 2.01. The van der Waals surface area contributed by atoms with Gasteiger partial charge >= 0.3 is 0 Å². The lowest BCUT2D eigenvalue weighted by Gasteiger charge is -2.05. The van der Waals surface area contributed by atoms with Gasteiger partial charge in [0.25, 0.3) is 0 Å². The standard InChI is InChI=1S/C15H13ClN4O2/c1-9-3-4-11(5-17-9)15-12(10(2)22-20-15)8-21-14-7-18-13(16)6-19-14/h3-7H,8H2,1-2H3. The zero-order chi connectivity index (χ0) is 15.5. The molecule has 0 amide bonds. The largest absolute Gasteiger partial charge is 0.471 e. The Balaban J connectivity index is 1.83. The molecule has 0 aliphatic carbocycles. The van der Waals surface area contributed by atoms with Crippen LogP contribution < -0.4 is 4.74 Å². The van der Waals surface area contributed by atoms with Gasteiger partial charge in [0.1, 0.15) is 23.2 Å². The Labute approximate surface area is 132 Å². The third-order valence-electron chi connectivity index (χ3n) is 3.13. The number of pyridine rings is 1. The highest BCUT2D eigenvalue weighted by Gasteiger charge is 2.16. The Morgan fingerprint density at radius 2 is 1.95 bits per heavy atom. The third kappa shape index (κ3) is 3.07. The van der Waals surface area contributed by atoms with Crippen molar-refractivity contribution in [1.82, 2.24) is 20.1 Å². The molecule has 3 aromatic rings. The van der Waals surface area contributed by atoms with E-state index < -0.39 is 0 Å². The van der Waals surface area contributed by atoms with E-state index in [4.69, 9.17) is 20.9 Å². The van der Waals surface area contributed by atoms with Crippen LogP contribution in [0.2, 0.25) is 5.15 Å². The molecule has 3 rings (SSSR count). The number of ether oxygens (including phenoxy) is 1. The number of hydrogen-bond donors (Lipinski definition) is 0. The smallest absolute Gasteiger partial charge is 0.232 e. The molecule has 6 nitrogen and oxygen atoms in total. The number of rotatable bonds is 4. The molecular formula is C15H13ClN4O2. The molecule has 0 aromatic carbocycles. The second-order valence-electron chi connectivity index (χ2n) is 4.72. The predicted molar refractivity (Wildman–Crippen MR) is 80.6 cm³/mol. The summed E-state index contributed by atoms with van der Waals surface area (Å²) >= 11 is 5.69. The van der Waals surface area contributed by atoms with Crippen molar-refractivity contribution < 1.29 is 9.26 Å². The molecule has 0 spiro atoms. The number of hydrogen-bond acceptors (Lipinski definition) is 6. The van der Waals surface area contributed by atoms with Crippen molar-refractivity contribution in [2.45, 2.75) is 20.5 Å². The van der Waals surface area contributed by atoms with Gasteiger partial charge < -0.3 is 9.26 Å². The average Bonchev–Trinajstić information content (AvgIpc) is 2.89. The van der Waals surface area contributed by atoms with Crippen molar-refractivity contribution in [3.63, 3.8) is 0 Å². The summed E-state index contributed by atoms with van der Waals surface area (Å²) in [5.74, 6) is 1.08. The van der Waals surface area contributed by atoms with Crippen LogP contribution in [-0.4, -0.2) is 20.1 Å². The van der Waals surface area contributed by atoms with E-state index in [1.54, 1.807) is 6.20 Å². The van der Waals surface area contributed by atoms with E-state index in [0.29, 0.717) is 22.5 Å². The molecular weight excluding hydrogens is 304 g/mol. The first-order valence-corrected chi connectivity index (χ1v) is 7.00. The van der Waals surface area contributed by atoms with E-state index in [0.717, 1.165) is 16.8 Å². The van der Waals surface area contributed by atoms with Crippen LogP contribution in [0.15, 0.2) is 35.2 Å². The molecule has 0 aliphatic heterocycles. The first-order valence-electron chi connectivity index (χ1n) is 6.62. The van der Waals surface area contributed by atoms with Crippen LogP contribution in [0.3, 0.4) is 0 Å². The minimum Gasteiger partial charge on any atom is -0.471 e. The minimum absolute atomic E-state index is 0.273. The lowest BCUT2D eigenvalue weighted by atomic mass is 10.1.